The van der Waals surface area contributed by atoms with Crippen molar-refractivity contribution in [2.24, 2.45) is 0 Å². The normalized spacial score (nSPS) is 14.7. The summed E-state index contributed by atoms with van der Waals surface area (Å²) in [6.45, 7) is 1.79. The third-order valence-electron chi connectivity index (χ3n) is 4.31. The van der Waals surface area contributed by atoms with E-state index in [2.05, 4.69) is 27.5 Å². The molecule has 1 aromatic rings. The summed E-state index contributed by atoms with van der Waals surface area (Å²) in [5.74, 6) is -0.957. The molecule has 0 saturated carbocycles. The van der Waals surface area contributed by atoms with Crippen molar-refractivity contribution < 1.29 is 14.3 Å². The molecule has 25 heavy (non-hydrogen) atoms. The fraction of sp³-hybridized carbons (Fsp3) is 0.421. The molecule has 2 rings (SSSR count). The number of hydrogen-bond donors (Lipinski definition) is 2. The summed E-state index contributed by atoms with van der Waals surface area (Å²) in [4.78, 5) is 23.3. The highest BCUT2D eigenvalue weighted by molar-refractivity contribution is 5.97. The zero-order valence-electron chi connectivity index (χ0n) is 14.6. The Morgan fingerprint density at radius 3 is 2.72 bits per heavy atom. The van der Waals surface area contributed by atoms with Crippen LogP contribution in [0.2, 0.25) is 0 Å². The largest absolute Gasteiger partial charge is 0.468 e. The van der Waals surface area contributed by atoms with Gasteiger partial charge in [-0.1, -0.05) is 18.2 Å². The van der Waals surface area contributed by atoms with E-state index < -0.39 is 11.9 Å². The minimum Gasteiger partial charge on any atom is -0.468 e. The summed E-state index contributed by atoms with van der Waals surface area (Å²) >= 11 is 0. The molecule has 1 aromatic carbocycles. The molecule has 0 fully saturated rings. The van der Waals surface area contributed by atoms with Gasteiger partial charge in [0.05, 0.1) is 13.2 Å². The minimum absolute atomic E-state index is 0.0892. The van der Waals surface area contributed by atoms with Gasteiger partial charge in [0, 0.05) is 6.20 Å². The molecule has 0 spiro atoms. The van der Waals surface area contributed by atoms with Gasteiger partial charge in [-0.3, -0.25) is 9.59 Å². The van der Waals surface area contributed by atoms with Crippen LogP contribution in [-0.2, 0) is 27.2 Å². The van der Waals surface area contributed by atoms with E-state index in [0.29, 0.717) is 0 Å². The molecule has 0 radical (unpaired) electrons. The number of carbonyl (C=O) groups excluding carboxylic acids is 2. The maximum atomic E-state index is 12.2. The van der Waals surface area contributed by atoms with Gasteiger partial charge in [0.25, 0.3) is 5.91 Å². The number of ether oxygens (including phenoxy) is 1. The number of benzene rings is 1. The maximum absolute atomic E-state index is 12.2. The number of nitriles is 1. The van der Waals surface area contributed by atoms with E-state index in [-0.39, 0.29) is 18.2 Å². The van der Waals surface area contributed by atoms with Crippen molar-refractivity contribution in [1.82, 2.24) is 10.6 Å². The monoisotopic (exact) mass is 341 g/mol. The number of nitrogens with zero attached hydrogens (tertiary/aromatic N) is 1. The van der Waals surface area contributed by atoms with Crippen molar-refractivity contribution in [2.45, 2.75) is 38.6 Å². The molecule has 0 bridgehead atoms. The molecule has 1 atom stereocenters. The molecule has 0 heterocycles. The van der Waals surface area contributed by atoms with Crippen LogP contribution in [0.1, 0.15) is 42.5 Å². The topological polar surface area (TPSA) is 91.2 Å². The fourth-order valence-corrected chi connectivity index (χ4v) is 2.84. The van der Waals surface area contributed by atoms with Gasteiger partial charge in [-0.25, -0.2) is 0 Å². The number of amides is 1. The standard InChI is InChI=1S/C19H23N3O3/c1-13(15-8-7-14-5-3-4-6-16(14)9-15)22-19(24)17(10-20)11-21-12-18(23)25-2/h7-9,11,13,21H,3-6,12H2,1-2H3,(H,22,24)/b17-11-. The van der Waals surface area contributed by atoms with Gasteiger partial charge in [0.15, 0.2) is 0 Å². The summed E-state index contributed by atoms with van der Waals surface area (Å²) < 4.78 is 4.48. The van der Waals surface area contributed by atoms with Gasteiger partial charge in [0.1, 0.15) is 18.2 Å². The lowest BCUT2D eigenvalue weighted by Crippen LogP contribution is -2.29. The molecule has 1 unspecified atom stereocenters. The average molecular weight is 341 g/mol. The van der Waals surface area contributed by atoms with Crippen molar-refractivity contribution in [2.75, 3.05) is 13.7 Å². The predicted molar refractivity (Wildman–Crippen MR) is 93.4 cm³/mol. The third-order valence-corrected chi connectivity index (χ3v) is 4.31. The summed E-state index contributed by atoms with van der Waals surface area (Å²) in [7, 11) is 1.27. The Balaban J connectivity index is 1.99. The number of fused-ring (bicyclic) bond motifs is 1. The molecule has 1 aliphatic rings. The molecule has 6 nitrogen and oxygen atoms in total. The van der Waals surface area contributed by atoms with E-state index in [1.54, 1.807) is 0 Å². The summed E-state index contributed by atoms with van der Waals surface area (Å²) in [5, 5.41) is 14.5. The Bertz CT molecular complexity index is 719. The van der Waals surface area contributed by atoms with Gasteiger partial charge >= 0.3 is 5.97 Å². The highest BCUT2D eigenvalue weighted by Gasteiger charge is 2.16. The van der Waals surface area contributed by atoms with E-state index in [1.807, 2.05) is 19.1 Å². The molecule has 1 amide bonds. The second-order valence-electron chi connectivity index (χ2n) is 6.06. The molecule has 6 heteroatoms. The quantitative estimate of drug-likeness (QED) is 0.468. The minimum atomic E-state index is -0.481. The number of rotatable bonds is 6. The lowest BCUT2D eigenvalue weighted by molar-refractivity contribution is -0.139. The Kier molecular flexibility index (Phi) is 6.58. The number of esters is 1. The van der Waals surface area contributed by atoms with Crippen molar-refractivity contribution in [3.8, 4) is 6.07 Å². The van der Waals surface area contributed by atoms with E-state index in [9.17, 15) is 9.59 Å². The molecule has 0 aromatic heterocycles. The van der Waals surface area contributed by atoms with E-state index in [1.165, 1.54) is 37.3 Å². The Morgan fingerprint density at radius 1 is 1.32 bits per heavy atom. The number of carbonyl (C=O) groups is 2. The first-order chi connectivity index (χ1) is 12.0. The highest BCUT2D eigenvalue weighted by atomic mass is 16.5. The van der Waals surface area contributed by atoms with Crippen LogP contribution in [0.5, 0.6) is 0 Å². The highest BCUT2D eigenvalue weighted by Crippen LogP contribution is 2.24. The van der Waals surface area contributed by atoms with Crippen LogP contribution in [0.3, 0.4) is 0 Å². The first-order valence-electron chi connectivity index (χ1n) is 8.38. The second kappa shape index (κ2) is 8.88. The first-order valence-corrected chi connectivity index (χ1v) is 8.38. The first kappa shape index (κ1) is 18.5. The zero-order valence-corrected chi connectivity index (χ0v) is 14.6. The third kappa shape index (κ3) is 5.08. The van der Waals surface area contributed by atoms with Crippen LogP contribution in [0.25, 0.3) is 0 Å². The van der Waals surface area contributed by atoms with Crippen LogP contribution in [0.15, 0.2) is 30.0 Å². The Labute approximate surface area is 147 Å². The van der Waals surface area contributed by atoms with Crippen molar-refractivity contribution >= 4 is 11.9 Å². The van der Waals surface area contributed by atoms with Crippen molar-refractivity contribution in [3.05, 3.63) is 46.7 Å². The summed E-state index contributed by atoms with van der Waals surface area (Å²) in [6.07, 6.45) is 5.85. The number of hydrogen-bond acceptors (Lipinski definition) is 5. The van der Waals surface area contributed by atoms with E-state index >= 15 is 0 Å². The van der Waals surface area contributed by atoms with Gasteiger partial charge < -0.3 is 15.4 Å². The molecular weight excluding hydrogens is 318 g/mol. The number of methoxy groups -OCH3 is 1. The van der Waals surface area contributed by atoms with E-state index in [0.717, 1.165) is 18.4 Å². The predicted octanol–water partition coefficient (Wildman–Crippen LogP) is 1.91. The smallest absolute Gasteiger partial charge is 0.325 e. The van der Waals surface area contributed by atoms with Crippen molar-refractivity contribution in [1.29, 1.82) is 5.26 Å². The van der Waals surface area contributed by atoms with Gasteiger partial charge in [-0.15, -0.1) is 0 Å². The number of aryl methyl sites for hydroxylation is 2. The SMILES string of the molecule is COC(=O)CN/C=C(/C#N)C(=O)NC(C)c1ccc2c(c1)CCCC2. The molecular formula is C19H23N3O3. The molecule has 0 saturated heterocycles. The average Bonchev–Trinajstić information content (AvgIpc) is 2.64. The Morgan fingerprint density at radius 2 is 2.04 bits per heavy atom. The lowest BCUT2D eigenvalue weighted by Gasteiger charge is -2.20. The van der Waals surface area contributed by atoms with Gasteiger partial charge in [-0.2, -0.15) is 5.26 Å². The van der Waals surface area contributed by atoms with Crippen LogP contribution in [0.4, 0.5) is 0 Å². The van der Waals surface area contributed by atoms with Gasteiger partial charge in [0.2, 0.25) is 0 Å². The molecule has 2 N–H and O–H groups in total. The van der Waals surface area contributed by atoms with Crippen molar-refractivity contribution in [3.63, 3.8) is 0 Å². The second-order valence-corrected chi connectivity index (χ2v) is 6.06. The summed E-state index contributed by atoms with van der Waals surface area (Å²) in [6, 6.07) is 7.93. The summed E-state index contributed by atoms with van der Waals surface area (Å²) in [5.41, 5.74) is 3.67. The Hall–Kier alpha value is -2.81. The van der Waals surface area contributed by atoms with Gasteiger partial charge in [-0.05, 0) is 49.3 Å². The molecule has 0 aliphatic heterocycles. The van der Waals surface area contributed by atoms with Crippen LogP contribution in [0, 0.1) is 11.3 Å². The van der Waals surface area contributed by atoms with E-state index in [4.69, 9.17) is 5.26 Å². The van der Waals surface area contributed by atoms with Crippen LogP contribution in [-0.4, -0.2) is 25.5 Å². The van der Waals surface area contributed by atoms with Crippen LogP contribution >= 0.6 is 0 Å². The lowest BCUT2D eigenvalue weighted by atomic mass is 9.89. The maximum Gasteiger partial charge on any atom is 0.325 e. The van der Waals surface area contributed by atoms with Crippen LogP contribution < -0.4 is 10.6 Å². The number of nitrogens with one attached hydrogen (secondary N) is 2. The fourth-order valence-electron chi connectivity index (χ4n) is 2.84. The molecule has 132 valence electrons. The molecule has 1 aliphatic carbocycles. The zero-order chi connectivity index (χ0) is 18.2.